The fourth-order valence-electron chi connectivity index (χ4n) is 1.61. The van der Waals surface area contributed by atoms with Crippen molar-refractivity contribution in [1.82, 2.24) is 5.32 Å². The fraction of sp³-hybridized carbons (Fsp3) is 0.500. The van der Waals surface area contributed by atoms with Gasteiger partial charge in [-0.15, -0.1) is 0 Å². The predicted octanol–water partition coefficient (Wildman–Crippen LogP) is 3.06. The van der Waals surface area contributed by atoms with E-state index in [1.165, 1.54) is 12.1 Å². The van der Waals surface area contributed by atoms with Crippen LogP contribution in [0.1, 0.15) is 32.8 Å². The number of carbonyl (C=O) groups excluding carboxylic acids is 1. The second kappa shape index (κ2) is 5.94. The molecule has 1 amide bonds. The van der Waals surface area contributed by atoms with Gasteiger partial charge in [-0.2, -0.15) is 0 Å². The molecule has 1 aromatic rings. The van der Waals surface area contributed by atoms with Crippen LogP contribution in [0, 0.1) is 17.0 Å². The second-order valence-electron chi connectivity index (χ2n) is 5.57. The molecule has 0 heterocycles. The van der Waals surface area contributed by atoms with Crippen molar-refractivity contribution < 1.29 is 13.6 Å². The molecule has 4 heteroatoms. The van der Waals surface area contributed by atoms with Crippen LogP contribution in [0.4, 0.5) is 8.78 Å². The lowest BCUT2D eigenvalue weighted by molar-refractivity contribution is -0.122. The molecule has 0 bridgehead atoms. The highest BCUT2D eigenvalue weighted by atomic mass is 19.1. The van der Waals surface area contributed by atoms with E-state index in [0.717, 1.165) is 6.07 Å². The molecule has 0 spiro atoms. The summed E-state index contributed by atoms with van der Waals surface area (Å²) in [6, 6.07) is 3.47. The largest absolute Gasteiger partial charge is 0.356 e. The summed E-state index contributed by atoms with van der Waals surface area (Å²) in [6.45, 7) is 6.29. The van der Waals surface area contributed by atoms with Crippen molar-refractivity contribution >= 4 is 5.91 Å². The summed E-state index contributed by atoms with van der Waals surface area (Å²) >= 11 is 0. The van der Waals surface area contributed by atoms with Gasteiger partial charge in [0.1, 0.15) is 11.6 Å². The van der Waals surface area contributed by atoms with Gasteiger partial charge in [-0.1, -0.05) is 26.8 Å². The van der Waals surface area contributed by atoms with Gasteiger partial charge in [0, 0.05) is 19.0 Å². The summed E-state index contributed by atoms with van der Waals surface area (Å²) in [5.74, 6) is -1.21. The third-order valence-corrected chi connectivity index (χ3v) is 2.42. The van der Waals surface area contributed by atoms with E-state index in [4.69, 9.17) is 0 Å². The smallest absolute Gasteiger partial charge is 0.220 e. The molecular formula is C14H19F2NO. The Morgan fingerprint density at radius 2 is 1.94 bits per heavy atom. The van der Waals surface area contributed by atoms with Crippen molar-refractivity contribution in [2.24, 2.45) is 5.41 Å². The number of rotatable bonds is 4. The Morgan fingerprint density at radius 1 is 1.28 bits per heavy atom. The molecule has 100 valence electrons. The van der Waals surface area contributed by atoms with E-state index in [9.17, 15) is 13.6 Å². The third-order valence-electron chi connectivity index (χ3n) is 2.42. The predicted molar refractivity (Wildman–Crippen MR) is 67.1 cm³/mol. The molecule has 2 nitrogen and oxygen atoms in total. The van der Waals surface area contributed by atoms with E-state index in [1.54, 1.807) is 0 Å². The number of benzene rings is 1. The maximum Gasteiger partial charge on any atom is 0.220 e. The summed E-state index contributed by atoms with van der Waals surface area (Å²) in [5, 5.41) is 2.73. The molecule has 0 aliphatic carbocycles. The summed E-state index contributed by atoms with van der Waals surface area (Å²) in [4.78, 5) is 11.5. The highest BCUT2D eigenvalue weighted by Crippen LogP contribution is 2.17. The van der Waals surface area contributed by atoms with Crippen molar-refractivity contribution in [2.75, 3.05) is 6.54 Å². The van der Waals surface area contributed by atoms with E-state index < -0.39 is 11.6 Å². The van der Waals surface area contributed by atoms with E-state index in [-0.39, 0.29) is 11.3 Å². The lowest BCUT2D eigenvalue weighted by Crippen LogP contribution is -2.29. The van der Waals surface area contributed by atoms with Crippen LogP contribution in [0.2, 0.25) is 0 Å². The van der Waals surface area contributed by atoms with E-state index in [0.29, 0.717) is 24.9 Å². The first-order valence-electron chi connectivity index (χ1n) is 5.98. The SMILES string of the molecule is CC(C)(C)CC(=O)NCCc1ccc(F)cc1F. The van der Waals surface area contributed by atoms with Crippen LogP contribution in [0.3, 0.4) is 0 Å². The van der Waals surface area contributed by atoms with Gasteiger partial charge in [0.05, 0.1) is 0 Å². The van der Waals surface area contributed by atoms with Gasteiger partial charge in [-0.05, 0) is 23.5 Å². The minimum atomic E-state index is -0.590. The maximum atomic E-state index is 13.3. The number of hydrogen-bond acceptors (Lipinski definition) is 1. The Kier molecular flexibility index (Phi) is 4.82. The van der Waals surface area contributed by atoms with Crippen molar-refractivity contribution in [3.05, 3.63) is 35.4 Å². The molecule has 0 aliphatic rings. The fourth-order valence-corrected chi connectivity index (χ4v) is 1.61. The number of hydrogen-bond donors (Lipinski definition) is 1. The number of halogens is 2. The zero-order chi connectivity index (χ0) is 13.8. The first kappa shape index (κ1) is 14.6. The van der Waals surface area contributed by atoms with Gasteiger partial charge in [-0.3, -0.25) is 4.79 Å². The van der Waals surface area contributed by atoms with Gasteiger partial charge in [-0.25, -0.2) is 8.78 Å². The number of carbonyl (C=O) groups is 1. The highest BCUT2D eigenvalue weighted by molar-refractivity contribution is 5.76. The van der Waals surface area contributed by atoms with Crippen molar-refractivity contribution in [2.45, 2.75) is 33.6 Å². The van der Waals surface area contributed by atoms with Gasteiger partial charge in [0.2, 0.25) is 5.91 Å². The molecule has 0 radical (unpaired) electrons. The average Bonchev–Trinajstić information content (AvgIpc) is 2.18. The van der Waals surface area contributed by atoms with Crippen LogP contribution < -0.4 is 5.32 Å². The second-order valence-corrected chi connectivity index (χ2v) is 5.57. The van der Waals surface area contributed by atoms with Crippen LogP contribution in [-0.4, -0.2) is 12.5 Å². The highest BCUT2D eigenvalue weighted by Gasteiger charge is 2.15. The molecule has 0 aromatic heterocycles. The Morgan fingerprint density at radius 3 is 2.50 bits per heavy atom. The zero-order valence-corrected chi connectivity index (χ0v) is 11.0. The summed E-state index contributed by atoms with van der Waals surface area (Å²) in [6.07, 6.45) is 0.793. The molecule has 0 atom stereocenters. The van der Waals surface area contributed by atoms with Gasteiger partial charge < -0.3 is 5.32 Å². The molecule has 18 heavy (non-hydrogen) atoms. The molecular weight excluding hydrogens is 236 g/mol. The minimum Gasteiger partial charge on any atom is -0.356 e. The van der Waals surface area contributed by atoms with Crippen molar-refractivity contribution in [3.8, 4) is 0 Å². The maximum absolute atomic E-state index is 13.3. The van der Waals surface area contributed by atoms with Crippen LogP contribution in [0.25, 0.3) is 0 Å². The number of amides is 1. The monoisotopic (exact) mass is 255 g/mol. The van der Waals surface area contributed by atoms with E-state index in [2.05, 4.69) is 5.32 Å². The van der Waals surface area contributed by atoms with Crippen LogP contribution in [0.15, 0.2) is 18.2 Å². The first-order valence-corrected chi connectivity index (χ1v) is 5.98. The van der Waals surface area contributed by atoms with E-state index >= 15 is 0 Å². The molecule has 0 saturated carbocycles. The molecule has 0 saturated heterocycles. The standard InChI is InChI=1S/C14H19F2NO/c1-14(2,3)9-13(18)17-7-6-10-4-5-11(15)8-12(10)16/h4-5,8H,6-7,9H2,1-3H3,(H,17,18). The quantitative estimate of drug-likeness (QED) is 0.880. The van der Waals surface area contributed by atoms with Crippen LogP contribution in [-0.2, 0) is 11.2 Å². The first-order chi connectivity index (χ1) is 8.28. The average molecular weight is 255 g/mol. The van der Waals surface area contributed by atoms with Crippen molar-refractivity contribution in [3.63, 3.8) is 0 Å². The third kappa shape index (κ3) is 5.25. The summed E-state index contributed by atoms with van der Waals surface area (Å²) in [7, 11) is 0. The molecule has 1 rings (SSSR count). The Hall–Kier alpha value is -1.45. The van der Waals surface area contributed by atoms with Gasteiger partial charge in [0.15, 0.2) is 0 Å². The van der Waals surface area contributed by atoms with Gasteiger partial charge >= 0.3 is 0 Å². The summed E-state index contributed by atoms with van der Waals surface area (Å²) in [5.41, 5.74) is 0.345. The van der Waals surface area contributed by atoms with Gasteiger partial charge in [0.25, 0.3) is 0 Å². The number of nitrogens with one attached hydrogen (secondary N) is 1. The Bertz CT molecular complexity index is 424. The molecule has 0 unspecified atom stereocenters. The lowest BCUT2D eigenvalue weighted by atomic mass is 9.92. The molecule has 1 aromatic carbocycles. The Balaban J connectivity index is 2.40. The Labute approximate surface area is 106 Å². The van der Waals surface area contributed by atoms with Crippen LogP contribution >= 0.6 is 0 Å². The zero-order valence-electron chi connectivity index (χ0n) is 11.0. The molecule has 0 aliphatic heterocycles. The molecule has 0 fully saturated rings. The van der Waals surface area contributed by atoms with Crippen LogP contribution in [0.5, 0.6) is 0 Å². The summed E-state index contributed by atoms with van der Waals surface area (Å²) < 4.78 is 26.0. The van der Waals surface area contributed by atoms with E-state index in [1.807, 2.05) is 20.8 Å². The topological polar surface area (TPSA) is 29.1 Å². The normalized spacial score (nSPS) is 11.4. The van der Waals surface area contributed by atoms with Crippen molar-refractivity contribution in [1.29, 1.82) is 0 Å². The lowest BCUT2D eigenvalue weighted by Gasteiger charge is -2.17. The molecule has 1 N–H and O–H groups in total. The minimum absolute atomic E-state index is 0.0509.